The molecule has 4 nitrogen and oxygen atoms in total. The third-order valence-corrected chi connectivity index (χ3v) is 1.28. The predicted octanol–water partition coefficient (Wildman–Crippen LogP) is 0.168. The number of halogens is 3. The minimum Gasteiger partial charge on any atom is -0.319 e. The highest BCUT2D eigenvalue weighted by Crippen LogP contribution is 2.18. The van der Waals surface area contributed by atoms with Gasteiger partial charge in [0.15, 0.2) is 0 Å². The fourth-order valence-corrected chi connectivity index (χ4v) is 0.635. The first kappa shape index (κ1) is 8.98. The van der Waals surface area contributed by atoms with E-state index in [9.17, 15) is 13.2 Å². The molecule has 1 heterocycles. The molecular weight excluding hydrogens is 173 g/mol. The summed E-state index contributed by atoms with van der Waals surface area (Å²) in [6, 6.07) is -1.89. The first-order valence-electron chi connectivity index (χ1n) is 3.16. The molecule has 7 heteroatoms. The second-order valence-electron chi connectivity index (χ2n) is 2.27. The van der Waals surface area contributed by atoms with Crippen LogP contribution in [0.25, 0.3) is 0 Å². The van der Waals surface area contributed by atoms with Crippen LogP contribution in [0.1, 0.15) is 0 Å². The standard InChI is InChI=1S/C5H7F3N4/c6-5(7,8)4(9)3-12-2-1-10-11-12/h1-2,4H,3,9H2. The quantitative estimate of drug-likeness (QED) is 0.705. The Kier molecular flexibility index (Phi) is 2.32. The van der Waals surface area contributed by atoms with Crippen LogP contribution in [0.2, 0.25) is 0 Å². The molecule has 1 rings (SSSR count). The van der Waals surface area contributed by atoms with Crippen LogP contribution in [-0.4, -0.2) is 27.2 Å². The van der Waals surface area contributed by atoms with Crippen molar-refractivity contribution in [1.82, 2.24) is 15.0 Å². The molecule has 0 aromatic carbocycles. The van der Waals surface area contributed by atoms with Crippen LogP contribution in [-0.2, 0) is 6.54 Å². The summed E-state index contributed by atoms with van der Waals surface area (Å²) in [6.45, 7) is -0.399. The maximum Gasteiger partial charge on any atom is 0.405 e. The Balaban J connectivity index is 2.53. The molecule has 1 aromatic rings. The average molecular weight is 180 g/mol. The van der Waals surface area contributed by atoms with Gasteiger partial charge in [0.05, 0.1) is 12.7 Å². The Hall–Kier alpha value is -1.11. The Morgan fingerprint density at radius 2 is 2.17 bits per heavy atom. The van der Waals surface area contributed by atoms with Crippen molar-refractivity contribution in [3.63, 3.8) is 0 Å². The predicted molar refractivity (Wildman–Crippen MR) is 34.1 cm³/mol. The summed E-state index contributed by atoms with van der Waals surface area (Å²) in [5.74, 6) is 0. The number of nitrogens with zero attached hydrogens (tertiary/aromatic N) is 3. The molecule has 68 valence electrons. The Bertz CT molecular complexity index is 229. The van der Waals surface area contributed by atoms with Crippen molar-refractivity contribution in [2.75, 3.05) is 0 Å². The van der Waals surface area contributed by atoms with Crippen LogP contribution >= 0.6 is 0 Å². The van der Waals surface area contributed by atoms with Crippen molar-refractivity contribution in [3.8, 4) is 0 Å². The molecule has 1 aromatic heterocycles. The minimum atomic E-state index is -4.38. The summed E-state index contributed by atoms with van der Waals surface area (Å²) in [7, 11) is 0. The number of aromatic nitrogens is 3. The first-order valence-corrected chi connectivity index (χ1v) is 3.16. The molecule has 1 atom stereocenters. The van der Waals surface area contributed by atoms with Gasteiger partial charge in [-0.3, -0.25) is 4.68 Å². The van der Waals surface area contributed by atoms with E-state index in [2.05, 4.69) is 10.3 Å². The Morgan fingerprint density at radius 3 is 2.58 bits per heavy atom. The minimum absolute atomic E-state index is 0.399. The number of nitrogens with two attached hydrogens (primary N) is 1. The van der Waals surface area contributed by atoms with Gasteiger partial charge in [-0.05, 0) is 0 Å². The average Bonchev–Trinajstić information content (AvgIpc) is 2.37. The lowest BCUT2D eigenvalue weighted by atomic mass is 10.3. The summed E-state index contributed by atoms with van der Waals surface area (Å²) >= 11 is 0. The van der Waals surface area contributed by atoms with Gasteiger partial charge >= 0.3 is 6.18 Å². The summed E-state index contributed by atoms with van der Waals surface area (Å²) in [6.07, 6.45) is -1.76. The van der Waals surface area contributed by atoms with Crippen LogP contribution in [0.15, 0.2) is 12.4 Å². The van der Waals surface area contributed by atoms with E-state index < -0.39 is 18.8 Å². The molecule has 0 fully saturated rings. The van der Waals surface area contributed by atoms with Gasteiger partial charge < -0.3 is 5.73 Å². The molecule has 0 radical (unpaired) electrons. The smallest absolute Gasteiger partial charge is 0.319 e. The number of hydrogen-bond acceptors (Lipinski definition) is 3. The highest BCUT2D eigenvalue weighted by atomic mass is 19.4. The van der Waals surface area contributed by atoms with E-state index in [4.69, 9.17) is 5.73 Å². The molecule has 0 spiro atoms. The Labute approximate surface area is 66.2 Å². The number of rotatable bonds is 2. The topological polar surface area (TPSA) is 56.7 Å². The van der Waals surface area contributed by atoms with Crippen LogP contribution in [0, 0.1) is 0 Å². The normalized spacial score (nSPS) is 14.7. The first-order chi connectivity index (χ1) is 5.50. The molecule has 0 aliphatic heterocycles. The van der Waals surface area contributed by atoms with E-state index >= 15 is 0 Å². The van der Waals surface area contributed by atoms with Gasteiger partial charge in [0, 0.05) is 6.20 Å². The molecule has 0 aliphatic carbocycles. The lowest BCUT2D eigenvalue weighted by molar-refractivity contribution is -0.150. The van der Waals surface area contributed by atoms with Crippen LogP contribution in [0.4, 0.5) is 13.2 Å². The highest BCUT2D eigenvalue weighted by molar-refractivity contribution is 4.73. The maximum atomic E-state index is 11.9. The van der Waals surface area contributed by atoms with Crippen LogP contribution in [0.5, 0.6) is 0 Å². The van der Waals surface area contributed by atoms with Crippen LogP contribution < -0.4 is 5.73 Å². The van der Waals surface area contributed by atoms with Crippen molar-refractivity contribution in [3.05, 3.63) is 12.4 Å². The molecule has 0 saturated carbocycles. The zero-order valence-electron chi connectivity index (χ0n) is 5.99. The number of alkyl halides is 3. The molecule has 1 unspecified atom stereocenters. The third-order valence-electron chi connectivity index (χ3n) is 1.28. The summed E-state index contributed by atoms with van der Waals surface area (Å²) in [5.41, 5.74) is 4.83. The lowest BCUT2D eigenvalue weighted by Gasteiger charge is -2.14. The van der Waals surface area contributed by atoms with Gasteiger partial charge in [0.2, 0.25) is 0 Å². The second kappa shape index (κ2) is 3.10. The van der Waals surface area contributed by atoms with E-state index in [0.29, 0.717) is 0 Å². The fourth-order valence-electron chi connectivity index (χ4n) is 0.635. The zero-order chi connectivity index (χ0) is 9.19. The SMILES string of the molecule is NC(Cn1ccnn1)C(F)(F)F. The summed E-state index contributed by atoms with van der Waals surface area (Å²) in [5, 5.41) is 6.70. The second-order valence-corrected chi connectivity index (χ2v) is 2.27. The zero-order valence-corrected chi connectivity index (χ0v) is 5.99. The number of hydrogen-bond donors (Lipinski definition) is 1. The molecule has 0 saturated heterocycles. The van der Waals surface area contributed by atoms with Crippen molar-refractivity contribution < 1.29 is 13.2 Å². The van der Waals surface area contributed by atoms with Gasteiger partial charge in [0.25, 0.3) is 0 Å². The maximum absolute atomic E-state index is 11.9. The van der Waals surface area contributed by atoms with Gasteiger partial charge in [-0.15, -0.1) is 5.10 Å². The van der Waals surface area contributed by atoms with Crippen LogP contribution in [0.3, 0.4) is 0 Å². The fraction of sp³-hybridized carbons (Fsp3) is 0.600. The van der Waals surface area contributed by atoms with Gasteiger partial charge in [-0.2, -0.15) is 13.2 Å². The van der Waals surface area contributed by atoms with E-state index in [1.807, 2.05) is 0 Å². The van der Waals surface area contributed by atoms with E-state index in [-0.39, 0.29) is 0 Å². The molecule has 0 aliphatic rings. The molecule has 2 N–H and O–H groups in total. The van der Waals surface area contributed by atoms with Gasteiger partial charge in [0.1, 0.15) is 6.04 Å². The van der Waals surface area contributed by atoms with E-state index in [1.165, 1.54) is 12.4 Å². The largest absolute Gasteiger partial charge is 0.405 e. The van der Waals surface area contributed by atoms with Crippen molar-refractivity contribution in [2.45, 2.75) is 18.8 Å². The monoisotopic (exact) mass is 180 g/mol. The highest BCUT2D eigenvalue weighted by Gasteiger charge is 2.36. The van der Waals surface area contributed by atoms with Crippen molar-refractivity contribution in [2.24, 2.45) is 5.73 Å². The summed E-state index contributed by atoms with van der Waals surface area (Å²) < 4.78 is 36.6. The lowest BCUT2D eigenvalue weighted by Crippen LogP contribution is -2.41. The molecular formula is C5H7F3N4. The van der Waals surface area contributed by atoms with E-state index in [0.717, 1.165) is 4.68 Å². The Morgan fingerprint density at radius 1 is 1.50 bits per heavy atom. The van der Waals surface area contributed by atoms with Gasteiger partial charge in [-0.1, -0.05) is 5.21 Å². The van der Waals surface area contributed by atoms with Gasteiger partial charge in [-0.25, -0.2) is 0 Å². The van der Waals surface area contributed by atoms with E-state index in [1.54, 1.807) is 0 Å². The van der Waals surface area contributed by atoms with Crippen molar-refractivity contribution in [1.29, 1.82) is 0 Å². The molecule has 0 amide bonds. The third kappa shape index (κ3) is 2.19. The van der Waals surface area contributed by atoms with Crippen molar-refractivity contribution >= 4 is 0 Å². The molecule has 0 bridgehead atoms. The molecule has 12 heavy (non-hydrogen) atoms. The summed E-state index contributed by atoms with van der Waals surface area (Å²) in [4.78, 5) is 0.